The van der Waals surface area contributed by atoms with Crippen LogP contribution in [0.4, 0.5) is 0 Å². The van der Waals surface area contributed by atoms with Crippen LogP contribution >= 0.6 is 0 Å². The predicted molar refractivity (Wildman–Crippen MR) is 91.2 cm³/mol. The largest absolute Gasteiger partial charge is 0.314 e. The van der Waals surface area contributed by atoms with Crippen LogP contribution in [-0.2, 0) is 0 Å². The minimum Gasteiger partial charge on any atom is -0.314 e. The van der Waals surface area contributed by atoms with E-state index in [9.17, 15) is 0 Å². The van der Waals surface area contributed by atoms with Gasteiger partial charge in [0.25, 0.3) is 0 Å². The third-order valence-corrected chi connectivity index (χ3v) is 5.03. The number of nitrogens with one attached hydrogen (secondary N) is 1. The van der Waals surface area contributed by atoms with Crippen molar-refractivity contribution in [3.8, 4) is 0 Å². The number of rotatable bonds is 11. The molecule has 0 aromatic rings. The maximum Gasteiger partial charge on any atom is 0.00104 e. The van der Waals surface area contributed by atoms with E-state index in [2.05, 4.69) is 26.1 Å². The third kappa shape index (κ3) is 8.29. The Morgan fingerprint density at radius 2 is 1.45 bits per heavy atom. The van der Waals surface area contributed by atoms with Gasteiger partial charge in [-0.15, -0.1) is 0 Å². The quantitative estimate of drug-likeness (QED) is 0.463. The van der Waals surface area contributed by atoms with Gasteiger partial charge in [0.2, 0.25) is 0 Å². The summed E-state index contributed by atoms with van der Waals surface area (Å²) in [6.07, 6.45) is 17.6. The van der Waals surface area contributed by atoms with Gasteiger partial charge in [-0.05, 0) is 24.8 Å². The molecule has 120 valence electrons. The second-order valence-corrected chi connectivity index (χ2v) is 7.28. The van der Waals surface area contributed by atoms with Gasteiger partial charge in [-0.25, -0.2) is 0 Å². The zero-order valence-corrected chi connectivity index (χ0v) is 14.4. The Hall–Kier alpha value is -0.0400. The Balaban J connectivity index is 2.09. The molecule has 20 heavy (non-hydrogen) atoms. The molecule has 1 saturated carbocycles. The Morgan fingerprint density at radius 1 is 0.850 bits per heavy atom. The molecule has 1 fully saturated rings. The Kier molecular flexibility index (Phi) is 10.4. The summed E-state index contributed by atoms with van der Waals surface area (Å²) in [7, 11) is 0. The van der Waals surface area contributed by atoms with E-state index in [1.165, 1.54) is 83.6 Å². The molecule has 1 nitrogen and oxygen atoms in total. The highest BCUT2D eigenvalue weighted by Gasteiger charge is 2.24. The van der Waals surface area contributed by atoms with Gasteiger partial charge in [0.05, 0.1) is 0 Å². The van der Waals surface area contributed by atoms with Gasteiger partial charge in [-0.2, -0.15) is 0 Å². The fourth-order valence-corrected chi connectivity index (χ4v) is 3.68. The molecule has 1 rings (SSSR count). The van der Waals surface area contributed by atoms with Crippen molar-refractivity contribution in [3.63, 3.8) is 0 Å². The van der Waals surface area contributed by atoms with Crippen molar-refractivity contribution < 1.29 is 0 Å². The third-order valence-electron chi connectivity index (χ3n) is 5.03. The monoisotopic (exact) mass is 281 g/mol. The number of hydrogen-bond acceptors (Lipinski definition) is 1. The van der Waals surface area contributed by atoms with Crippen LogP contribution < -0.4 is 5.32 Å². The van der Waals surface area contributed by atoms with Crippen molar-refractivity contribution >= 4 is 0 Å². The molecule has 0 spiro atoms. The summed E-state index contributed by atoms with van der Waals surface area (Å²) in [4.78, 5) is 0. The molecule has 0 amide bonds. The lowest BCUT2D eigenvalue weighted by molar-refractivity contribution is 0.209. The molecule has 0 aromatic heterocycles. The van der Waals surface area contributed by atoms with Crippen molar-refractivity contribution in [2.75, 3.05) is 6.54 Å². The summed E-state index contributed by atoms with van der Waals surface area (Å²) in [5, 5.41) is 3.67. The molecule has 0 aliphatic heterocycles. The normalized spacial score (nSPS) is 23.4. The number of hydrogen-bond donors (Lipinski definition) is 1. The SMILES string of the molecule is CCCCCCCCCC1CCCCC1CNC(C)C. The first kappa shape index (κ1) is 18.0. The molecule has 1 aliphatic rings. The molecule has 1 aliphatic carbocycles. The standard InChI is InChI=1S/C19H39N/c1-4-5-6-7-8-9-10-13-18-14-11-12-15-19(18)16-20-17(2)3/h17-20H,4-16H2,1-3H3. The average molecular weight is 282 g/mol. The Morgan fingerprint density at radius 3 is 2.10 bits per heavy atom. The van der Waals surface area contributed by atoms with Gasteiger partial charge in [0.15, 0.2) is 0 Å². The van der Waals surface area contributed by atoms with Crippen molar-refractivity contribution in [1.82, 2.24) is 5.32 Å². The summed E-state index contributed by atoms with van der Waals surface area (Å²) < 4.78 is 0. The molecule has 0 aromatic carbocycles. The lowest BCUT2D eigenvalue weighted by atomic mass is 9.76. The molecular formula is C19H39N. The van der Waals surface area contributed by atoms with Crippen molar-refractivity contribution in [2.24, 2.45) is 11.8 Å². The van der Waals surface area contributed by atoms with Gasteiger partial charge in [-0.1, -0.05) is 91.4 Å². The minimum atomic E-state index is 0.649. The fourth-order valence-electron chi connectivity index (χ4n) is 3.68. The molecular weight excluding hydrogens is 242 g/mol. The summed E-state index contributed by atoms with van der Waals surface area (Å²) in [5.74, 6) is 1.98. The van der Waals surface area contributed by atoms with E-state index in [4.69, 9.17) is 0 Å². The highest BCUT2D eigenvalue weighted by atomic mass is 14.9. The van der Waals surface area contributed by atoms with Gasteiger partial charge >= 0.3 is 0 Å². The van der Waals surface area contributed by atoms with E-state index in [1.807, 2.05) is 0 Å². The molecule has 2 atom stereocenters. The fraction of sp³-hybridized carbons (Fsp3) is 1.00. The first-order chi connectivity index (χ1) is 9.74. The van der Waals surface area contributed by atoms with Crippen molar-refractivity contribution in [2.45, 2.75) is 104 Å². The maximum atomic E-state index is 3.67. The topological polar surface area (TPSA) is 12.0 Å². The van der Waals surface area contributed by atoms with Gasteiger partial charge in [-0.3, -0.25) is 0 Å². The van der Waals surface area contributed by atoms with Gasteiger partial charge < -0.3 is 5.32 Å². The first-order valence-corrected chi connectivity index (χ1v) is 9.47. The lowest BCUT2D eigenvalue weighted by Crippen LogP contribution is -2.34. The molecule has 0 saturated heterocycles. The zero-order chi connectivity index (χ0) is 14.6. The Labute approximate surface area is 128 Å². The van der Waals surface area contributed by atoms with E-state index in [0.717, 1.165) is 11.8 Å². The summed E-state index contributed by atoms with van der Waals surface area (Å²) in [5.41, 5.74) is 0. The van der Waals surface area contributed by atoms with Crippen LogP contribution in [0, 0.1) is 11.8 Å². The maximum absolute atomic E-state index is 3.67. The molecule has 1 N–H and O–H groups in total. The predicted octanol–water partition coefficient (Wildman–Crippen LogP) is 5.93. The first-order valence-electron chi connectivity index (χ1n) is 9.47. The highest BCUT2D eigenvalue weighted by Crippen LogP contribution is 2.33. The van der Waals surface area contributed by atoms with Crippen LogP contribution in [0.3, 0.4) is 0 Å². The van der Waals surface area contributed by atoms with Gasteiger partial charge in [0.1, 0.15) is 0 Å². The Bertz CT molecular complexity index is 212. The van der Waals surface area contributed by atoms with Crippen LogP contribution in [0.5, 0.6) is 0 Å². The lowest BCUT2D eigenvalue weighted by Gasteiger charge is -2.32. The van der Waals surface area contributed by atoms with E-state index in [-0.39, 0.29) is 0 Å². The van der Waals surface area contributed by atoms with Crippen LogP contribution in [-0.4, -0.2) is 12.6 Å². The van der Waals surface area contributed by atoms with E-state index >= 15 is 0 Å². The average Bonchev–Trinajstić information content (AvgIpc) is 2.45. The zero-order valence-electron chi connectivity index (χ0n) is 14.4. The molecule has 1 heteroatoms. The van der Waals surface area contributed by atoms with Crippen LogP contribution in [0.1, 0.15) is 97.8 Å². The van der Waals surface area contributed by atoms with Crippen LogP contribution in [0.25, 0.3) is 0 Å². The van der Waals surface area contributed by atoms with Gasteiger partial charge in [0, 0.05) is 6.04 Å². The van der Waals surface area contributed by atoms with E-state index < -0.39 is 0 Å². The summed E-state index contributed by atoms with van der Waals surface area (Å²) >= 11 is 0. The van der Waals surface area contributed by atoms with Crippen LogP contribution in [0.2, 0.25) is 0 Å². The van der Waals surface area contributed by atoms with Crippen molar-refractivity contribution in [1.29, 1.82) is 0 Å². The minimum absolute atomic E-state index is 0.649. The molecule has 2 unspecified atom stereocenters. The smallest absolute Gasteiger partial charge is 0.00104 e. The highest BCUT2D eigenvalue weighted by molar-refractivity contribution is 4.77. The molecule has 0 heterocycles. The van der Waals surface area contributed by atoms with E-state index in [0.29, 0.717) is 6.04 Å². The summed E-state index contributed by atoms with van der Waals surface area (Å²) in [6, 6.07) is 0.649. The second-order valence-electron chi connectivity index (χ2n) is 7.28. The van der Waals surface area contributed by atoms with Crippen molar-refractivity contribution in [3.05, 3.63) is 0 Å². The van der Waals surface area contributed by atoms with Crippen LogP contribution in [0.15, 0.2) is 0 Å². The second kappa shape index (κ2) is 11.6. The number of unbranched alkanes of at least 4 members (excludes halogenated alkanes) is 6. The van der Waals surface area contributed by atoms with E-state index in [1.54, 1.807) is 0 Å². The molecule has 0 bridgehead atoms. The summed E-state index contributed by atoms with van der Waals surface area (Å²) in [6.45, 7) is 8.11. The molecule has 0 radical (unpaired) electrons.